The zero-order valence-electron chi connectivity index (χ0n) is 10.2. The number of benzene rings is 1. The molecule has 0 spiro atoms. The van der Waals surface area contributed by atoms with Crippen LogP contribution in [0, 0.1) is 0 Å². The maximum atomic E-state index is 11.7. The van der Waals surface area contributed by atoms with Gasteiger partial charge in [0, 0.05) is 12.0 Å². The molecule has 0 amide bonds. The van der Waals surface area contributed by atoms with Crippen molar-refractivity contribution in [2.75, 3.05) is 6.61 Å². The molecule has 6 heteroatoms. The highest BCUT2D eigenvalue weighted by molar-refractivity contribution is 5.98. The summed E-state index contributed by atoms with van der Waals surface area (Å²) in [4.78, 5) is 34.0. The number of ether oxygens (including phenoxy) is 1. The summed E-state index contributed by atoms with van der Waals surface area (Å²) in [7, 11) is 0. The number of aliphatic hydroxyl groups is 1. The molecule has 0 aliphatic heterocycles. The lowest BCUT2D eigenvalue weighted by Gasteiger charge is -2.06. The van der Waals surface area contributed by atoms with Gasteiger partial charge in [0.1, 0.15) is 6.04 Å². The van der Waals surface area contributed by atoms with E-state index in [4.69, 9.17) is 10.8 Å². The number of rotatable bonds is 6. The van der Waals surface area contributed by atoms with E-state index in [2.05, 4.69) is 4.74 Å². The fourth-order valence-corrected chi connectivity index (χ4v) is 1.30. The number of carbonyl (C=O) groups excluding carboxylic acids is 3. The van der Waals surface area contributed by atoms with Crippen LogP contribution in [0.3, 0.4) is 0 Å². The smallest absolute Gasteiger partial charge is 0.332 e. The van der Waals surface area contributed by atoms with Crippen LogP contribution in [0.15, 0.2) is 30.3 Å². The topological polar surface area (TPSA) is 107 Å². The molecule has 3 N–H and O–H groups in total. The van der Waals surface area contributed by atoms with Crippen molar-refractivity contribution in [1.82, 2.24) is 0 Å². The lowest BCUT2D eigenvalue weighted by molar-refractivity contribution is -0.161. The zero-order chi connectivity index (χ0) is 14.3. The van der Waals surface area contributed by atoms with E-state index in [1.807, 2.05) is 0 Å². The molecular weight excluding hydrogens is 250 g/mol. The fraction of sp³-hybridized carbons (Fsp3) is 0.308. The zero-order valence-corrected chi connectivity index (χ0v) is 10.2. The quantitative estimate of drug-likeness (QED) is 0.427. The average molecular weight is 265 g/mol. The van der Waals surface area contributed by atoms with Gasteiger partial charge in [0.2, 0.25) is 0 Å². The van der Waals surface area contributed by atoms with Gasteiger partial charge < -0.3 is 15.6 Å². The molecule has 0 saturated heterocycles. The molecule has 0 aliphatic rings. The van der Waals surface area contributed by atoms with E-state index < -0.39 is 24.6 Å². The standard InChI is InChI=1S/C13H15NO5/c14-10(8-15)13(18)19-12(17)7-6-11(16)9-4-2-1-3-5-9/h1-5,10,15H,6-8,14H2/t10-/m0/s1. The third kappa shape index (κ3) is 4.99. The molecule has 0 saturated carbocycles. The first-order valence-electron chi connectivity index (χ1n) is 5.73. The second-order valence-electron chi connectivity index (χ2n) is 3.87. The Labute approximate surface area is 110 Å². The number of Topliss-reactive ketones (excluding diaryl/α,β-unsaturated/α-hetero) is 1. The molecular formula is C13H15NO5. The normalized spacial score (nSPS) is 11.7. The summed E-state index contributed by atoms with van der Waals surface area (Å²) in [5, 5.41) is 8.59. The van der Waals surface area contributed by atoms with Crippen molar-refractivity contribution in [3.05, 3.63) is 35.9 Å². The van der Waals surface area contributed by atoms with Crippen LogP contribution in [0.4, 0.5) is 0 Å². The van der Waals surface area contributed by atoms with Crippen LogP contribution in [0.2, 0.25) is 0 Å². The first-order chi connectivity index (χ1) is 9.04. The summed E-state index contributed by atoms with van der Waals surface area (Å²) < 4.78 is 4.37. The largest absolute Gasteiger partial charge is 0.394 e. The highest BCUT2D eigenvalue weighted by atomic mass is 16.6. The van der Waals surface area contributed by atoms with Crippen LogP contribution in [-0.2, 0) is 14.3 Å². The minimum Gasteiger partial charge on any atom is -0.394 e. The molecule has 0 bridgehead atoms. The van der Waals surface area contributed by atoms with Gasteiger partial charge in [-0.15, -0.1) is 0 Å². The predicted molar refractivity (Wildman–Crippen MR) is 66.2 cm³/mol. The minimum absolute atomic E-state index is 0.0511. The van der Waals surface area contributed by atoms with Crippen molar-refractivity contribution in [2.24, 2.45) is 5.73 Å². The molecule has 0 fully saturated rings. The Kier molecular flexibility index (Phi) is 5.84. The van der Waals surface area contributed by atoms with Crippen molar-refractivity contribution in [1.29, 1.82) is 0 Å². The van der Waals surface area contributed by atoms with Crippen LogP contribution in [0.25, 0.3) is 0 Å². The average Bonchev–Trinajstić information content (AvgIpc) is 2.44. The first kappa shape index (κ1) is 15.0. The molecule has 102 valence electrons. The first-order valence-corrected chi connectivity index (χ1v) is 5.73. The number of aliphatic hydroxyl groups excluding tert-OH is 1. The Morgan fingerprint density at radius 3 is 2.37 bits per heavy atom. The van der Waals surface area contributed by atoms with Crippen LogP contribution in [0.5, 0.6) is 0 Å². The van der Waals surface area contributed by atoms with Gasteiger partial charge in [0.05, 0.1) is 13.0 Å². The summed E-state index contributed by atoms with van der Waals surface area (Å²) in [5.41, 5.74) is 5.66. The van der Waals surface area contributed by atoms with E-state index in [1.54, 1.807) is 30.3 Å². The molecule has 1 rings (SSSR count). The third-order valence-corrected chi connectivity index (χ3v) is 2.37. The van der Waals surface area contributed by atoms with Gasteiger partial charge in [-0.2, -0.15) is 0 Å². The summed E-state index contributed by atoms with van der Waals surface area (Å²) in [6.07, 6.45) is -0.262. The molecule has 0 radical (unpaired) electrons. The van der Waals surface area contributed by atoms with Gasteiger partial charge in [0.25, 0.3) is 0 Å². The second-order valence-corrected chi connectivity index (χ2v) is 3.87. The van der Waals surface area contributed by atoms with Crippen molar-refractivity contribution in [3.8, 4) is 0 Å². The highest BCUT2D eigenvalue weighted by Gasteiger charge is 2.18. The molecule has 1 aromatic carbocycles. The number of esters is 2. The van der Waals surface area contributed by atoms with Crippen molar-refractivity contribution in [3.63, 3.8) is 0 Å². The van der Waals surface area contributed by atoms with Crippen LogP contribution in [-0.4, -0.2) is 35.5 Å². The van der Waals surface area contributed by atoms with Crippen molar-refractivity contribution in [2.45, 2.75) is 18.9 Å². The van der Waals surface area contributed by atoms with Gasteiger partial charge in [-0.05, 0) is 0 Å². The SMILES string of the molecule is N[C@@H](CO)C(=O)OC(=O)CCC(=O)c1ccccc1. The maximum absolute atomic E-state index is 11.7. The number of hydrogen-bond acceptors (Lipinski definition) is 6. The fourth-order valence-electron chi connectivity index (χ4n) is 1.30. The lowest BCUT2D eigenvalue weighted by atomic mass is 10.1. The van der Waals surface area contributed by atoms with Gasteiger partial charge in [-0.3, -0.25) is 9.59 Å². The van der Waals surface area contributed by atoms with Crippen LogP contribution < -0.4 is 5.73 Å². The van der Waals surface area contributed by atoms with E-state index in [0.717, 1.165) is 0 Å². The van der Waals surface area contributed by atoms with Crippen LogP contribution >= 0.6 is 0 Å². The number of nitrogens with two attached hydrogens (primary N) is 1. The molecule has 0 unspecified atom stereocenters. The molecule has 1 aromatic rings. The Balaban J connectivity index is 2.39. The Morgan fingerprint density at radius 1 is 1.16 bits per heavy atom. The predicted octanol–water partition coefficient (Wildman–Crippen LogP) is 0.0389. The summed E-state index contributed by atoms with van der Waals surface area (Å²) >= 11 is 0. The summed E-state index contributed by atoms with van der Waals surface area (Å²) in [6.45, 7) is -0.602. The summed E-state index contributed by atoms with van der Waals surface area (Å²) in [5.74, 6) is -2.05. The second kappa shape index (κ2) is 7.40. The molecule has 19 heavy (non-hydrogen) atoms. The van der Waals surface area contributed by atoms with E-state index in [-0.39, 0.29) is 18.6 Å². The number of hydrogen-bond donors (Lipinski definition) is 2. The van der Waals surface area contributed by atoms with E-state index in [1.165, 1.54) is 0 Å². The summed E-state index contributed by atoms with van der Waals surface area (Å²) in [6, 6.07) is 7.25. The molecule has 1 atom stereocenters. The highest BCUT2D eigenvalue weighted by Crippen LogP contribution is 2.06. The number of ketones is 1. The molecule has 0 aliphatic carbocycles. The van der Waals surface area contributed by atoms with Gasteiger partial charge in [-0.1, -0.05) is 30.3 Å². The van der Waals surface area contributed by atoms with Crippen LogP contribution in [0.1, 0.15) is 23.2 Å². The Hall–Kier alpha value is -2.05. The third-order valence-electron chi connectivity index (χ3n) is 2.37. The van der Waals surface area contributed by atoms with Crippen molar-refractivity contribution < 1.29 is 24.2 Å². The van der Waals surface area contributed by atoms with E-state index in [0.29, 0.717) is 5.56 Å². The lowest BCUT2D eigenvalue weighted by Crippen LogP contribution is -2.36. The monoisotopic (exact) mass is 265 g/mol. The van der Waals surface area contributed by atoms with Gasteiger partial charge in [0.15, 0.2) is 5.78 Å². The van der Waals surface area contributed by atoms with Gasteiger partial charge >= 0.3 is 11.9 Å². The number of carbonyl (C=O) groups is 3. The minimum atomic E-state index is -1.24. The van der Waals surface area contributed by atoms with Gasteiger partial charge in [-0.25, -0.2) is 4.79 Å². The Bertz CT molecular complexity index is 457. The maximum Gasteiger partial charge on any atom is 0.332 e. The molecule has 6 nitrogen and oxygen atoms in total. The van der Waals surface area contributed by atoms with E-state index >= 15 is 0 Å². The Morgan fingerprint density at radius 2 is 1.79 bits per heavy atom. The van der Waals surface area contributed by atoms with Crippen molar-refractivity contribution >= 4 is 17.7 Å². The van der Waals surface area contributed by atoms with E-state index in [9.17, 15) is 14.4 Å². The molecule has 0 aromatic heterocycles. The molecule has 0 heterocycles.